The molecule has 2 aromatic rings. The summed E-state index contributed by atoms with van der Waals surface area (Å²) in [7, 11) is 0. The van der Waals surface area contributed by atoms with Gasteiger partial charge in [0.05, 0.1) is 25.1 Å². The van der Waals surface area contributed by atoms with Gasteiger partial charge in [0, 0.05) is 12.6 Å². The van der Waals surface area contributed by atoms with Gasteiger partial charge < -0.3 is 23.8 Å². The van der Waals surface area contributed by atoms with E-state index >= 15 is 0 Å². The average molecular weight is 441 g/mol. The minimum absolute atomic E-state index is 0.157. The molecule has 1 saturated heterocycles. The second-order valence-electron chi connectivity index (χ2n) is 7.15. The molecule has 1 amide bonds. The molecule has 0 aliphatic carbocycles. The molecule has 0 aromatic heterocycles. The number of halogens is 4. The maximum Gasteiger partial charge on any atom is 0.419 e. The van der Waals surface area contributed by atoms with Crippen LogP contribution in [0.2, 0.25) is 0 Å². The first-order valence-corrected chi connectivity index (χ1v) is 9.57. The fourth-order valence-corrected chi connectivity index (χ4v) is 3.39. The number of ether oxygens (including phenoxy) is 4. The van der Waals surface area contributed by atoms with E-state index in [1.807, 2.05) is 0 Å². The van der Waals surface area contributed by atoms with Crippen molar-refractivity contribution in [2.45, 2.75) is 18.7 Å². The van der Waals surface area contributed by atoms with Gasteiger partial charge in [-0.2, -0.15) is 13.2 Å². The summed E-state index contributed by atoms with van der Waals surface area (Å²) in [6.45, 7) is 1.24. The van der Waals surface area contributed by atoms with Gasteiger partial charge in [-0.15, -0.1) is 0 Å². The third kappa shape index (κ3) is 5.01. The fraction of sp³-hybridized carbons (Fsp3) is 0.381. The second kappa shape index (κ2) is 8.62. The van der Waals surface area contributed by atoms with Gasteiger partial charge in [-0.3, -0.25) is 4.79 Å². The summed E-state index contributed by atoms with van der Waals surface area (Å²) in [5, 5.41) is 0. The van der Waals surface area contributed by atoms with Gasteiger partial charge in [0.2, 0.25) is 12.7 Å². The molecule has 0 saturated carbocycles. The summed E-state index contributed by atoms with van der Waals surface area (Å²) in [5.74, 6) is 0.0715. The Labute approximate surface area is 175 Å². The van der Waals surface area contributed by atoms with Crippen LogP contribution in [0.1, 0.15) is 11.1 Å². The van der Waals surface area contributed by atoms with Crippen molar-refractivity contribution in [2.24, 2.45) is 0 Å². The van der Waals surface area contributed by atoms with Crippen LogP contribution in [0.4, 0.5) is 17.6 Å². The molecule has 10 heteroatoms. The van der Waals surface area contributed by atoms with Crippen LogP contribution >= 0.6 is 0 Å². The molecule has 1 unspecified atom stereocenters. The van der Waals surface area contributed by atoms with E-state index < -0.39 is 17.6 Å². The molecular weight excluding hydrogens is 422 g/mol. The van der Waals surface area contributed by atoms with Crippen molar-refractivity contribution in [3.8, 4) is 17.2 Å². The van der Waals surface area contributed by atoms with Crippen molar-refractivity contribution < 1.29 is 41.3 Å². The van der Waals surface area contributed by atoms with Crippen LogP contribution in [0, 0.1) is 5.82 Å². The summed E-state index contributed by atoms with van der Waals surface area (Å²) in [6.07, 6.45) is -5.36. The number of hydrogen-bond donors (Lipinski definition) is 0. The first-order valence-electron chi connectivity index (χ1n) is 9.57. The Morgan fingerprint density at radius 2 is 1.94 bits per heavy atom. The molecule has 166 valence electrons. The maximum absolute atomic E-state index is 13.7. The zero-order valence-electron chi connectivity index (χ0n) is 16.3. The molecule has 31 heavy (non-hydrogen) atoms. The van der Waals surface area contributed by atoms with Crippen molar-refractivity contribution in [2.75, 3.05) is 33.1 Å². The Bertz CT molecular complexity index is 965. The van der Waals surface area contributed by atoms with Crippen molar-refractivity contribution in [1.82, 2.24) is 4.90 Å². The van der Waals surface area contributed by atoms with Gasteiger partial charge >= 0.3 is 6.18 Å². The van der Waals surface area contributed by atoms with E-state index in [4.69, 9.17) is 18.9 Å². The Balaban J connectivity index is 1.32. The smallest absolute Gasteiger partial charge is 0.419 e. The molecular formula is C21H19F4NO5. The molecule has 1 fully saturated rings. The lowest BCUT2D eigenvalue weighted by Gasteiger charge is -2.33. The summed E-state index contributed by atoms with van der Waals surface area (Å²) in [5.41, 5.74) is -1.18. The second-order valence-corrected chi connectivity index (χ2v) is 7.15. The number of nitrogens with zero attached hydrogens (tertiary/aromatic N) is 1. The Morgan fingerprint density at radius 3 is 2.71 bits per heavy atom. The number of amides is 1. The van der Waals surface area contributed by atoms with E-state index in [0.29, 0.717) is 36.5 Å². The predicted octanol–water partition coefficient (Wildman–Crippen LogP) is 3.42. The lowest BCUT2D eigenvalue weighted by molar-refractivity contribution is -0.140. The number of hydrogen-bond acceptors (Lipinski definition) is 5. The largest absolute Gasteiger partial charge is 0.491 e. The molecule has 2 aromatic carbocycles. The number of benzene rings is 2. The van der Waals surface area contributed by atoms with Crippen LogP contribution in [0.5, 0.6) is 17.2 Å². The number of alkyl halides is 3. The van der Waals surface area contributed by atoms with E-state index in [9.17, 15) is 22.4 Å². The molecule has 2 aliphatic heterocycles. The Morgan fingerprint density at radius 1 is 1.13 bits per heavy atom. The van der Waals surface area contributed by atoms with Crippen LogP contribution < -0.4 is 14.2 Å². The quantitative estimate of drug-likeness (QED) is 0.666. The monoisotopic (exact) mass is 441 g/mol. The number of fused-ring (bicyclic) bond motifs is 1. The van der Waals surface area contributed by atoms with Gasteiger partial charge in [-0.1, -0.05) is 6.07 Å². The number of rotatable bonds is 5. The highest BCUT2D eigenvalue weighted by atomic mass is 19.4. The van der Waals surface area contributed by atoms with Gasteiger partial charge in [0.25, 0.3) is 0 Å². The minimum Gasteiger partial charge on any atom is -0.491 e. The molecule has 0 N–H and O–H groups in total. The van der Waals surface area contributed by atoms with Crippen LogP contribution in [-0.2, 0) is 22.1 Å². The van der Waals surface area contributed by atoms with E-state index in [1.165, 1.54) is 4.90 Å². The van der Waals surface area contributed by atoms with Crippen LogP contribution in [-0.4, -0.2) is 50.0 Å². The van der Waals surface area contributed by atoms with E-state index in [1.54, 1.807) is 18.2 Å². The summed E-state index contributed by atoms with van der Waals surface area (Å²) >= 11 is 0. The summed E-state index contributed by atoms with van der Waals surface area (Å²) in [6, 6.07) is 7.69. The number of morpholine rings is 1. The molecule has 1 atom stereocenters. The van der Waals surface area contributed by atoms with Crippen LogP contribution in [0.25, 0.3) is 0 Å². The number of carbonyl (C=O) groups is 1. The van der Waals surface area contributed by atoms with Gasteiger partial charge in [-0.25, -0.2) is 4.39 Å². The molecule has 0 bridgehead atoms. The third-order valence-corrected chi connectivity index (χ3v) is 4.97. The minimum atomic E-state index is -4.78. The van der Waals surface area contributed by atoms with Crippen molar-refractivity contribution in [3.05, 3.63) is 53.3 Å². The molecule has 2 heterocycles. The third-order valence-electron chi connectivity index (χ3n) is 4.97. The highest BCUT2D eigenvalue weighted by Crippen LogP contribution is 2.35. The van der Waals surface area contributed by atoms with E-state index in [2.05, 4.69) is 0 Å². The Kier molecular flexibility index (Phi) is 5.90. The first-order chi connectivity index (χ1) is 14.8. The molecule has 0 radical (unpaired) electrons. The summed E-state index contributed by atoms with van der Waals surface area (Å²) in [4.78, 5) is 14.1. The number of carbonyl (C=O) groups excluding carboxylic acids is 1. The maximum atomic E-state index is 13.7. The van der Waals surface area contributed by atoms with Gasteiger partial charge in [0.15, 0.2) is 11.5 Å². The summed E-state index contributed by atoms with van der Waals surface area (Å²) < 4.78 is 73.7. The highest BCUT2D eigenvalue weighted by molar-refractivity contribution is 5.79. The molecule has 0 spiro atoms. The average Bonchev–Trinajstić information content (AvgIpc) is 3.19. The first kappa shape index (κ1) is 21.2. The zero-order valence-corrected chi connectivity index (χ0v) is 16.3. The van der Waals surface area contributed by atoms with Gasteiger partial charge in [-0.05, 0) is 29.8 Å². The fourth-order valence-electron chi connectivity index (χ4n) is 3.39. The van der Waals surface area contributed by atoms with Crippen molar-refractivity contribution in [1.29, 1.82) is 0 Å². The molecule has 6 nitrogen and oxygen atoms in total. The topological polar surface area (TPSA) is 57.2 Å². The lowest BCUT2D eigenvalue weighted by atomic mass is 10.1. The highest BCUT2D eigenvalue weighted by Gasteiger charge is 2.34. The standard InChI is InChI=1S/C21H19F4NO5/c22-17-7-13(1-3-16(17)21(23,24)25)8-20(27)26-5-6-28-15(10-26)11-29-14-2-4-18-19(9-14)31-12-30-18/h1-4,7,9,15H,5-6,8,10-12H2. The van der Waals surface area contributed by atoms with Gasteiger partial charge in [0.1, 0.15) is 24.3 Å². The van der Waals surface area contributed by atoms with Crippen molar-refractivity contribution in [3.63, 3.8) is 0 Å². The Hall–Kier alpha value is -3.01. The van der Waals surface area contributed by atoms with E-state index in [0.717, 1.165) is 12.1 Å². The van der Waals surface area contributed by atoms with Crippen LogP contribution in [0.3, 0.4) is 0 Å². The SMILES string of the molecule is O=C(Cc1ccc(C(F)(F)F)c(F)c1)N1CCOC(COc2ccc3c(c2)OCO3)C1. The van der Waals surface area contributed by atoms with Crippen LogP contribution in [0.15, 0.2) is 36.4 Å². The predicted molar refractivity (Wildman–Crippen MR) is 99.5 cm³/mol. The van der Waals surface area contributed by atoms with E-state index in [-0.39, 0.29) is 43.9 Å². The lowest BCUT2D eigenvalue weighted by Crippen LogP contribution is -2.48. The molecule has 2 aliphatic rings. The van der Waals surface area contributed by atoms with Crippen molar-refractivity contribution >= 4 is 5.91 Å². The zero-order chi connectivity index (χ0) is 22.0. The molecule has 4 rings (SSSR count). The normalized spacial score (nSPS) is 18.2.